The molecule has 6 heteroatoms. The fourth-order valence-corrected chi connectivity index (χ4v) is 1.71. The summed E-state index contributed by atoms with van der Waals surface area (Å²) in [4.78, 5) is 24.0. The van der Waals surface area contributed by atoms with E-state index in [2.05, 4.69) is 10.1 Å². The second kappa shape index (κ2) is 7.03. The van der Waals surface area contributed by atoms with Gasteiger partial charge in [-0.3, -0.25) is 4.79 Å². The Morgan fingerprint density at radius 2 is 2.00 bits per heavy atom. The fraction of sp³-hybridized carbons (Fsp3) is 0.333. The van der Waals surface area contributed by atoms with E-state index in [-0.39, 0.29) is 0 Å². The van der Waals surface area contributed by atoms with Crippen LogP contribution in [0.15, 0.2) is 29.2 Å². The zero-order valence-electron chi connectivity index (χ0n) is 10.2. The van der Waals surface area contributed by atoms with E-state index in [1.807, 2.05) is 18.4 Å². The minimum Gasteiger partial charge on any atom is -0.467 e. The Bertz CT molecular complexity index is 419. The summed E-state index contributed by atoms with van der Waals surface area (Å²) in [5.41, 5.74) is 0.426. The zero-order valence-corrected chi connectivity index (χ0v) is 11.0. The van der Waals surface area contributed by atoms with Gasteiger partial charge in [0.05, 0.1) is 13.7 Å². The van der Waals surface area contributed by atoms with Crippen LogP contribution >= 0.6 is 11.8 Å². The summed E-state index contributed by atoms with van der Waals surface area (Å²) < 4.78 is 4.46. The topological polar surface area (TPSA) is 75.6 Å². The molecule has 0 aliphatic rings. The highest BCUT2D eigenvalue weighted by Gasteiger charge is 2.20. The number of esters is 1. The van der Waals surface area contributed by atoms with E-state index < -0.39 is 24.5 Å². The van der Waals surface area contributed by atoms with Crippen molar-refractivity contribution in [3.05, 3.63) is 29.8 Å². The molecule has 0 bridgehead atoms. The molecule has 0 spiro atoms. The van der Waals surface area contributed by atoms with Gasteiger partial charge in [-0.05, 0) is 30.5 Å². The van der Waals surface area contributed by atoms with Crippen molar-refractivity contribution in [1.82, 2.24) is 5.32 Å². The highest BCUT2D eigenvalue weighted by molar-refractivity contribution is 7.98. The number of nitrogens with one attached hydrogen (secondary N) is 1. The number of ether oxygens (including phenoxy) is 1. The Labute approximate surface area is 110 Å². The van der Waals surface area contributed by atoms with E-state index in [4.69, 9.17) is 5.11 Å². The Kier molecular flexibility index (Phi) is 5.67. The van der Waals surface area contributed by atoms with Gasteiger partial charge < -0.3 is 15.2 Å². The van der Waals surface area contributed by atoms with Crippen LogP contribution in [-0.4, -0.2) is 43.0 Å². The average Bonchev–Trinajstić information content (AvgIpc) is 2.43. The first kappa shape index (κ1) is 14.5. The maximum atomic E-state index is 11.8. The van der Waals surface area contributed by atoms with E-state index in [1.165, 1.54) is 7.11 Å². The summed E-state index contributed by atoms with van der Waals surface area (Å²) in [6, 6.07) is 5.90. The second-order valence-corrected chi connectivity index (χ2v) is 4.34. The molecule has 1 amide bonds. The van der Waals surface area contributed by atoms with E-state index >= 15 is 0 Å². The normalized spacial score (nSPS) is 11.7. The van der Waals surface area contributed by atoms with Crippen molar-refractivity contribution >= 4 is 23.6 Å². The predicted octanol–water partition coefficient (Wildman–Crippen LogP) is 0.672. The number of carbonyl (C=O) groups is 2. The van der Waals surface area contributed by atoms with Gasteiger partial charge in [0.25, 0.3) is 5.91 Å². The maximum Gasteiger partial charge on any atom is 0.330 e. The van der Waals surface area contributed by atoms with Crippen molar-refractivity contribution in [3.63, 3.8) is 0 Å². The van der Waals surface area contributed by atoms with Crippen molar-refractivity contribution in [3.8, 4) is 0 Å². The number of benzene rings is 1. The van der Waals surface area contributed by atoms with Gasteiger partial charge in [-0.25, -0.2) is 4.79 Å². The highest BCUT2D eigenvalue weighted by Crippen LogP contribution is 2.14. The van der Waals surface area contributed by atoms with Crippen LogP contribution < -0.4 is 5.32 Å². The molecule has 0 aromatic heterocycles. The van der Waals surface area contributed by atoms with Crippen LogP contribution in [0.1, 0.15) is 10.4 Å². The molecule has 0 fully saturated rings. The van der Waals surface area contributed by atoms with Crippen LogP contribution in [0.25, 0.3) is 0 Å². The zero-order chi connectivity index (χ0) is 13.5. The minimum atomic E-state index is -1.04. The molecule has 1 atom stereocenters. The quantitative estimate of drug-likeness (QED) is 0.607. The van der Waals surface area contributed by atoms with Crippen molar-refractivity contribution in [2.45, 2.75) is 10.9 Å². The van der Waals surface area contributed by atoms with Gasteiger partial charge in [0.15, 0.2) is 6.04 Å². The summed E-state index contributed by atoms with van der Waals surface area (Å²) in [5.74, 6) is -1.10. The number of amides is 1. The Balaban J connectivity index is 2.71. The van der Waals surface area contributed by atoms with Gasteiger partial charge in [0, 0.05) is 10.5 Å². The number of aliphatic hydroxyl groups is 1. The molecular weight excluding hydrogens is 254 g/mol. The molecule has 0 aliphatic carbocycles. The average molecular weight is 269 g/mol. The number of rotatable bonds is 5. The lowest BCUT2D eigenvalue weighted by Gasteiger charge is -2.13. The lowest BCUT2D eigenvalue weighted by atomic mass is 10.2. The smallest absolute Gasteiger partial charge is 0.330 e. The fourth-order valence-electron chi connectivity index (χ4n) is 1.31. The molecule has 0 radical (unpaired) electrons. The third-order valence-electron chi connectivity index (χ3n) is 2.33. The predicted molar refractivity (Wildman–Crippen MR) is 68.6 cm³/mol. The molecule has 98 valence electrons. The number of carbonyl (C=O) groups excluding carboxylic acids is 2. The van der Waals surface area contributed by atoms with Crippen LogP contribution in [0.2, 0.25) is 0 Å². The number of hydrogen-bond donors (Lipinski definition) is 2. The Morgan fingerprint density at radius 1 is 1.39 bits per heavy atom. The lowest BCUT2D eigenvalue weighted by Crippen LogP contribution is -2.44. The van der Waals surface area contributed by atoms with E-state index in [0.29, 0.717) is 5.56 Å². The molecule has 0 saturated heterocycles. The molecule has 0 aliphatic heterocycles. The van der Waals surface area contributed by atoms with Gasteiger partial charge in [-0.15, -0.1) is 11.8 Å². The lowest BCUT2D eigenvalue weighted by molar-refractivity contribution is -0.143. The van der Waals surface area contributed by atoms with Crippen LogP contribution in [0.3, 0.4) is 0 Å². The van der Waals surface area contributed by atoms with Crippen LogP contribution in [0, 0.1) is 0 Å². The molecule has 1 aromatic carbocycles. The van der Waals surface area contributed by atoms with E-state index in [1.54, 1.807) is 23.9 Å². The Hall–Kier alpha value is -1.53. The maximum absolute atomic E-state index is 11.8. The first-order chi connectivity index (χ1) is 8.62. The van der Waals surface area contributed by atoms with Crippen molar-refractivity contribution in [2.75, 3.05) is 20.0 Å². The highest BCUT2D eigenvalue weighted by atomic mass is 32.2. The SMILES string of the molecule is COC(=O)[C@H](CO)NC(=O)c1ccc(SC)cc1. The number of thioether (sulfide) groups is 1. The number of hydrogen-bond acceptors (Lipinski definition) is 5. The molecule has 0 heterocycles. The van der Waals surface area contributed by atoms with Crippen molar-refractivity contribution in [1.29, 1.82) is 0 Å². The minimum absolute atomic E-state index is 0.424. The Morgan fingerprint density at radius 3 is 2.44 bits per heavy atom. The van der Waals surface area contributed by atoms with Gasteiger partial charge >= 0.3 is 5.97 Å². The van der Waals surface area contributed by atoms with Crippen LogP contribution in [-0.2, 0) is 9.53 Å². The monoisotopic (exact) mass is 269 g/mol. The molecule has 1 rings (SSSR count). The van der Waals surface area contributed by atoms with Crippen LogP contribution in [0.5, 0.6) is 0 Å². The number of aliphatic hydroxyl groups excluding tert-OH is 1. The summed E-state index contributed by atoms with van der Waals surface area (Å²) in [6.07, 6.45) is 1.94. The van der Waals surface area contributed by atoms with Gasteiger partial charge in [0.1, 0.15) is 0 Å². The van der Waals surface area contributed by atoms with Crippen LogP contribution in [0.4, 0.5) is 0 Å². The van der Waals surface area contributed by atoms with Gasteiger partial charge in [0.2, 0.25) is 0 Å². The van der Waals surface area contributed by atoms with Crippen molar-refractivity contribution < 1.29 is 19.4 Å². The first-order valence-electron chi connectivity index (χ1n) is 5.26. The van der Waals surface area contributed by atoms with Crippen molar-refractivity contribution in [2.24, 2.45) is 0 Å². The largest absolute Gasteiger partial charge is 0.467 e. The van der Waals surface area contributed by atoms with Gasteiger partial charge in [-0.2, -0.15) is 0 Å². The molecule has 2 N–H and O–H groups in total. The first-order valence-corrected chi connectivity index (χ1v) is 6.48. The summed E-state index contributed by atoms with van der Waals surface area (Å²) in [6.45, 7) is -0.499. The molecule has 0 unspecified atom stereocenters. The molecule has 0 saturated carbocycles. The van der Waals surface area contributed by atoms with Gasteiger partial charge in [-0.1, -0.05) is 0 Å². The summed E-state index contributed by atoms with van der Waals surface area (Å²) >= 11 is 1.57. The summed E-state index contributed by atoms with van der Waals surface area (Å²) in [7, 11) is 1.20. The summed E-state index contributed by atoms with van der Waals surface area (Å²) in [5, 5.41) is 11.4. The molecule has 18 heavy (non-hydrogen) atoms. The second-order valence-electron chi connectivity index (χ2n) is 3.46. The molecule has 1 aromatic rings. The van der Waals surface area contributed by atoms with E-state index in [0.717, 1.165) is 4.90 Å². The third-order valence-corrected chi connectivity index (χ3v) is 3.07. The standard InChI is InChI=1S/C12H15NO4S/c1-17-12(16)10(7-14)13-11(15)8-3-5-9(18-2)6-4-8/h3-6,10,14H,7H2,1-2H3,(H,13,15)/t10-/m0/s1. The van der Waals surface area contributed by atoms with E-state index in [9.17, 15) is 9.59 Å². The molecule has 5 nitrogen and oxygen atoms in total. The number of methoxy groups -OCH3 is 1. The molecular formula is C12H15NO4S. The third kappa shape index (κ3) is 3.75.